The van der Waals surface area contributed by atoms with Gasteiger partial charge in [-0.3, -0.25) is 14.6 Å². The third kappa shape index (κ3) is 4.38. The van der Waals surface area contributed by atoms with Gasteiger partial charge in [0.25, 0.3) is 11.8 Å². The molecule has 1 aromatic heterocycles. The minimum absolute atomic E-state index is 0.180. The van der Waals surface area contributed by atoms with E-state index in [0.717, 1.165) is 18.4 Å². The molecule has 1 aromatic carbocycles. The fourth-order valence-electron chi connectivity index (χ4n) is 2.25. The number of hydrogen-bond donors (Lipinski definition) is 2. The van der Waals surface area contributed by atoms with E-state index in [4.69, 9.17) is 0 Å². The Morgan fingerprint density at radius 2 is 1.88 bits per heavy atom. The van der Waals surface area contributed by atoms with E-state index in [-0.39, 0.29) is 29.4 Å². The third-order valence-electron chi connectivity index (χ3n) is 3.78. The Labute approximate surface area is 139 Å². The highest BCUT2D eigenvalue weighted by atomic mass is 19.1. The van der Waals surface area contributed by atoms with Gasteiger partial charge in [-0.05, 0) is 49.1 Å². The van der Waals surface area contributed by atoms with Crippen LogP contribution in [-0.2, 0) is 6.42 Å². The number of amides is 2. The summed E-state index contributed by atoms with van der Waals surface area (Å²) in [6.07, 6.45) is 4.06. The van der Waals surface area contributed by atoms with Crippen LogP contribution in [0.2, 0.25) is 0 Å². The molecule has 0 radical (unpaired) electrons. The molecule has 1 aliphatic rings. The van der Waals surface area contributed by atoms with Crippen molar-refractivity contribution < 1.29 is 14.0 Å². The van der Waals surface area contributed by atoms with E-state index < -0.39 is 0 Å². The van der Waals surface area contributed by atoms with Crippen LogP contribution in [0.5, 0.6) is 0 Å². The first-order valence-corrected chi connectivity index (χ1v) is 7.91. The average molecular weight is 327 g/mol. The molecule has 124 valence electrons. The van der Waals surface area contributed by atoms with Gasteiger partial charge in [0.2, 0.25) is 0 Å². The number of nitrogens with zero attached hydrogens (tertiary/aromatic N) is 1. The summed E-state index contributed by atoms with van der Waals surface area (Å²) in [5.74, 6) is -0.799. The van der Waals surface area contributed by atoms with Crippen LogP contribution < -0.4 is 10.6 Å². The van der Waals surface area contributed by atoms with Crippen LogP contribution in [0.1, 0.15) is 39.3 Å². The van der Waals surface area contributed by atoms with Crippen molar-refractivity contribution in [3.63, 3.8) is 0 Å². The van der Waals surface area contributed by atoms with Gasteiger partial charge < -0.3 is 10.6 Å². The summed E-state index contributed by atoms with van der Waals surface area (Å²) in [6, 6.07) is 9.49. The standard InChI is InChI=1S/C18H18FN3O2/c19-14-3-1-12(2-4-14)7-9-21-18(24)16-11-13(8-10-20-16)17(23)22-15-5-6-15/h1-4,8,10-11,15H,5-7,9H2,(H,21,24)(H,22,23). The Bertz CT molecular complexity index is 742. The minimum Gasteiger partial charge on any atom is -0.350 e. The van der Waals surface area contributed by atoms with Gasteiger partial charge in [0, 0.05) is 24.3 Å². The molecule has 24 heavy (non-hydrogen) atoms. The van der Waals surface area contributed by atoms with Crippen LogP contribution >= 0.6 is 0 Å². The molecule has 6 heteroatoms. The molecule has 0 bridgehead atoms. The Kier molecular flexibility index (Phi) is 4.84. The Balaban J connectivity index is 1.54. The lowest BCUT2D eigenvalue weighted by atomic mass is 10.1. The molecule has 0 unspecified atom stereocenters. The molecule has 0 saturated heterocycles. The van der Waals surface area contributed by atoms with Crippen LogP contribution in [-0.4, -0.2) is 29.4 Å². The van der Waals surface area contributed by atoms with Crippen molar-refractivity contribution in [3.8, 4) is 0 Å². The summed E-state index contributed by atoms with van der Waals surface area (Å²) in [5, 5.41) is 5.63. The van der Waals surface area contributed by atoms with Crippen molar-refractivity contribution in [1.29, 1.82) is 0 Å². The molecule has 1 saturated carbocycles. The first-order valence-electron chi connectivity index (χ1n) is 7.91. The largest absolute Gasteiger partial charge is 0.350 e. The van der Waals surface area contributed by atoms with Crippen molar-refractivity contribution >= 4 is 11.8 Å². The second-order valence-corrected chi connectivity index (χ2v) is 5.81. The van der Waals surface area contributed by atoms with Gasteiger partial charge in [0.1, 0.15) is 11.5 Å². The summed E-state index contributed by atoms with van der Waals surface area (Å²) in [7, 11) is 0. The maximum absolute atomic E-state index is 12.8. The molecule has 1 heterocycles. The molecule has 5 nitrogen and oxygen atoms in total. The van der Waals surface area contributed by atoms with E-state index in [9.17, 15) is 14.0 Å². The minimum atomic E-state index is -0.335. The second-order valence-electron chi connectivity index (χ2n) is 5.81. The predicted molar refractivity (Wildman–Crippen MR) is 87.2 cm³/mol. The molecule has 2 amide bonds. The van der Waals surface area contributed by atoms with Gasteiger partial charge in [-0.25, -0.2) is 4.39 Å². The number of pyridine rings is 1. The van der Waals surface area contributed by atoms with Crippen molar-refractivity contribution in [2.45, 2.75) is 25.3 Å². The Morgan fingerprint density at radius 3 is 2.58 bits per heavy atom. The molecule has 2 aromatic rings. The van der Waals surface area contributed by atoms with E-state index in [2.05, 4.69) is 15.6 Å². The molecule has 0 spiro atoms. The van der Waals surface area contributed by atoms with Crippen molar-refractivity contribution in [2.75, 3.05) is 6.54 Å². The smallest absolute Gasteiger partial charge is 0.269 e. The molecular formula is C18H18FN3O2. The normalized spacial score (nSPS) is 13.4. The number of rotatable bonds is 6. The zero-order chi connectivity index (χ0) is 16.9. The summed E-state index contributed by atoms with van der Waals surface area (Å²) >= 11 is 0. The van der Waals surface area contributed by atoms with Crippen LogP contribution in [0.25, 0.3) is 0 Å². The lowest BCUT2D eigenvalue weighted by Crippen LogP contribution is -2.28. The number of nitrogens with one attached hydrogen (secondary N) is 2. The lowest BCUT2D eigenvalue weighted by Gasteiger charge is -2.07. The molecular weight excluding hydrogens is 309 g/mol. The van der Waals surface area contributed by atoms with Crippen LogP contribution in [0.15, 0.2) is 42.6 Å². The maximum Gasteiger partial charge on any atom is 0.269 e. The number of carbonyl (C=O) groups excluding carboxylic acids is 2. The van der Waals surface area contributed by atoms with Crippen LogP contribution in [0, 0.1) is 5.82 Å². The molecule has 0 atom stereocenters. The van der Waals surface area contributed by atoms with Gasteiger partial charge in [-0.2, -0.15) is 0 Å². The number of hydrogen-bond acceptors (Lipinski definition) is 3. The van der Waals surface area contributed by atoms with Crippen LogP contribution in [0.4, 0.5) is 4.39 Å². The SMILES string of the molecule is O=C(NC1CC1)c1ccnc(C(=O)NCCc2ccc(F)cc2)c1. The van der Waals surface area contributed by atoms with Crippen molar-refractivity contribution in [2.24, 2.45) is 0 Å². The second kappa shape index (κ2) is 7.21. The monoisotopic (exact) mass is 327 g/mol. The zero-order valence-corrected chi connectivity index (χ0v) is 13.1. The molecule has 1 fully saturated rings. The van der Waals surface area contributed by atoms with Gasteiger partial charge in [-0.1, -0.05) is 12.1 Å². The number of halogens is 1. The summed E-state index contributed by atoms with van der Waals surface area (Å²) < 4.78 is 12.8. The molecule has 3 rings (SSSR count). The first kappa shape index (κ1) is 16.1. The van der Waals surface area contributed by atoms with Crippen LogP contribution in [0.3, 0.4) is 0 Å². The van der Waals surface area contributed by atoms with E-state index >= 15 is 0 Å². The Morgan fingerprint density at radius 1 is 1.12 bits per heavy atom. The summed E-state index contributed by atoms with van der Waals surface area (Å²) in [6.45, 7) is 0.407. The predicted octanol–water partition coefficient (Wildman–Crippen LogP) is 2.09. The lowest BCUT2D eigenvalue weighted by molar-refractivity contribution is 0.0949. The van der Waals surface area contributed by atoms with Gasteiger partial charge in [-0.15, -0.1) is 0 Å². The average Bonchev–Trinajstić information content (AvgIpc) is 3.40. The highest BCUT2D eigenvalue weighted by Gasteiger charge is 2.24. The summed E-state index contributed by atoms with van der Waals surface area (Å²) in [4.78, 5) is 28.1. The number of aromatic nitrogens is 1. The first-order chi connectivity index (χ1) is 11.6. The molecule has 2 N–H and O–H groups in total. The highest BCUT2D eigenvalue weighted by Crippen LogP contribution is 2.19. The zero-order valence-electron chi connectivity index (χ0n) is 13.1. The molecule has 1 aliphatic carbocycles. The van der Waals surface area contributed by atoms with Gasteiger partial charge >= 0.3 is 0 Å². The fourth-order valence-corrected chi connectivity index (χ4v) is 2.25. The highest BCUT2D eigenvalue weighted by molar-refractivity contribution is 5.98. The molecule has 0 aliphatic heterocycles. The summed E-state index contributed by atoms with van der Waals surface area (Å²) in [5.41, 5.74) is 1.57. The van der Waals surface area contributed by atoms with Crippen molar-refractivity contribution in [1.82, 2.24) is 15.6 Å². The fraction of sp³-hybridized carbons (Fsp3) is 0.278. The van der Waals surface area contributed by atoms with Crippen molar-refractivity contribution in [3.05, 3.63) is 65.2 Å². The van der Waals surface area contributed by atoms with E-state index in [1.807, 2.05) is 0 Å². The third-order valence-corrected chi connectivity index (χ3v) is 3.78. The van der Waals surface area contributed by atoms with Gasteiger partial charge in [0.15, 0.2) is 0 Å². The maximum atomic E-state index is 12.8. The topological polar surface area (TPSA) is 71.1 Å². The van der Waals surface area contributed by atoms with E-state index in [0.29, 0.717) is 18.5 Å². The van der Waals surface area contributed by atoms with Gasteiger partial charge in [0.05, 0.1) is 0 Å². The quantitative estimate of drug-likeness (QED) is 0.853. The van der Waals surface area contributed by atoms with E-state index in [1.54, 1.807) is 18.2 Å². The Hall–Kier alpha value is -2.76. The van der Waals surface area contributed by atoms with E-state index in [1.165, 1.54) is 24.4 Å². The number of carbonyl (C=O) groups is 2. The number of benzene rings is 1.